The smallest absolute Gasteiger partial charge is 0.286 e. The molecule has 1 saturated heterocycles. The van der Waals surface area contributed by atoms with Gasteiger partial charge in [0, 0.05) is 23.7 Å². The van der Waals surface area contributed by atoms with Gasteiger partial charge in [-0.15, -0.1) is 4.40 Å². The number of hydrogen-bond acceptors (Lipinski definition) is 7. The lowest BCUT2D eigenvalue weighted by Crippen LogP contribution is -2.62. The van der Waals surface area contributed by atoms with Crippen LogP contribution in [-0.2, 0) is 29.6 Å². The predicted octanol–water partition coefficient (Wildman–Crippen LogP) is 3.37. The lowest BCUT2D eigenvalue weighted by molar-refractivity contribution is -0.154. The number of fused-ring (bicyclic) bond motifs is 1. The van der Waals surface area contributed by atoms with Gasteiger partial charge in [-0.1, -0.05) is 40.0 Å². The molecule has 2 fully saturated rings. The van der Waals surface area contributed by atoms with E-state index >= 15 is 0 Å². The zero-order valence-electron chi connectivity index (χ0n) is 21.8. The van der Waals surface area contributed by atoms with Crippen LogP contribution in [0.3, 0.4) is 0 Å². The van der Waals surface area contributed by atoms with Crippen molar-refractivity contribution in [2.75, 3.05) is 22.8 Å². The first kappa shape index (κ1) is 27.6. The number of rotatable bonds is 7. The number of benzene rings is 1. The van der Waals surface area contributed by atoms with Crippen molar-refractivity contribution in [1.29, 1.82) is 0 Å². The van der Waals surface area contributed by atoms with Gasteiger partial charge in [-0.05, 0) is 49.8 Å². The molecule has 204 valence electrons. The molecule has 0 bridgehead atoms. The Balaban J connectivity index is 1.73. The fourth-order valence-electron chi connectivity index (χ4n) is 5.49. The molecule has 1 aliphatic carbocycles. The van der Waals surface area contributed by atoms with Crippen molar-refractivity contribution in [3.63, 3.8) is 0 Å². The molecule has 12 heteroatoms. The third-order valence-electron chi connectivity index (χ3n) is 7.51. The largest absolute Gasteiger partial charge is 0.341 e. The summed E-state index contributed by atoms with van der Waals surface area (Å²) in [5.41, 5.74) is -0.610. The van der Waals surface area contributed by atoms with Crippen LogP contribution in [0.1, 0.15) is 65.7 Å². The van der Waals surface area contributed by atoms with Crippen molar-refractivity contribution in [3.05, 3.63) is 18.2 Å². The molecule has 2 N–H and O–H groups in total. The highest BCUT2D eigenvalue weighted by molar-refractivity contribution is 7.92. The number of nitrogens with zero attached hydrogens (tertiary/aromatic N) is 2. The van der Waals surface area contributed by atoms with Crippen LogP contribution < -0.4 is 10.0 Å². The van der Waals surface area contributed by atoms with Crippen LogP contribution in [0.4, 0.5) is 11.4 Å². The summed E-state index contributed by atoms with van der Waals surface area (Å²) < 4.78 is 55.7. The Bertz CT molecular complexity index is 1330. The van der Waals surface area contributed by atoms with Crippen molar-refractivity contribution in [2.24, 2.45) is 21.6 Å². The topological polar surface area (TPSA) is 142 Å². The number of likely N-dealkylation sites (tertiary alicyclic amines) is 1. The van der Waals surface area contributed by atoms with E-state index in [1.807, 2.05) is 6.92 Å². The van der Waals surface area contributed by atoms with E-state index < -0.39 is 37.3 Å². The molecule has 2 heterocycles. The number of amides is 1. The summed E-state index contributed by atoms with van der Waals surface area (Å²) in [6.07, 6.45) is 7.23. The Hall–Kier alpha value is -2.47. The minimum atomic E-state index is -4.30. The SMILES string of the molecule is CC(C)CCC1(C)CN(C2CCCCC2)C(=O)C(C2=NS(=O)(=O)c3cc(NS(C)(=O)=O)ccc3N2)C1=O. The normalized spacial score (nSPS) is 26.5. The quantitative estimate of drug-likeness (QED) is 0.494. The molecule has 0 radical (unpaired) electrons. The zero-order chi connectivity index (χ0) is 27.2. The van der Waals surface area contributed by atoms with E-state index in [0.29, 0.717) is 18.9 Å². The summed E-state index contributed by atoms with van der Waals surface area (Å²) >= 11 is 0. The van der Waals surface area contributed by atoms with Gasteiger partial charge in [-0.2, -0.15) is 8.42 Å². The molecule has 0 spiro atoms. The number of carbonyl (C=O) groups is 2. The van der Waals surface area contributed by atoms with Crippen LogP contribution in [-0.4, -0.2) is 58.1 Å². The summed E-state index contributed by atoms with van der Waals surface area (Å²) in [6, 6.07) is 4.01. The van der Waals surface area contributed by atoms with Crippen molar-refractivity contribution in [1.82, 2.24) is 4.90 Å². The second-order valence-corrected chi connectivity index (χ2v) is 14.5. The molecule has 37 heavy (non-hydrogen) atoms. The molecule has 3 aliphatic rings. The molecular weight excluding hydrogens is 516 g/mol. The van der Waals surface area contributed by atoms with E-state index in [1.54, 1.807) is 4.90 Å². The molecule has 1 amide bonds. The number of piperidine rings is 1. The highest BCUT2D eigenvalue weighted by atomic mass is 32.2. The molecule has 1 aromatic carbocycles. The van der Waals surface area contributed by atoms with Gasteiger partial charge in [0.05, 0.1) is 11.9 Å². The van der Waals surface area contributed by atoms with E-state index in [9.17, 15) is 26.4 Å². The maximum Gasteiger partial charge on any atom is 0.286 e. The zero-order valence-corrected chi connectivity index (χ0v) is 23.4. The lowest BCUT2D eigenvalue weighted by Gasteiger charge is -2.47. The first-order chi connectivity index (χ1) is 17.2. The fourth-order valence-corrected chi connectivity index (χ4v) is 7.23. The number of Topliss-reactive ketones (excluding diaryl/α,β-unsaturated/α-hetero) is 1. The molecule has 10 nitrogen and oxygen atoms in total. The number of carbonyl (C=O) groups excluding carboxylic acids is 2. The van der Waals surface area contributed by atoms with E-state index in [-0.39, 0.29) is 33.9 Å². The number of anilines is 2. The van der Waals surface area contributed by atoms with Gasteiger partial charge in [0.15, 0.2) is 11.7 Å². The summed E-state index contributed by atoms with van der Waals surface area (Å²) in [7, 11) is -7.92. The number of nitrogens with one attached hydrogen (secondary N) is 2. The molecule has 1 aromatic rings. The minimum absolute atomic E-state index is 0.0212. The lowest BCUT2D eigenvalue weighted by atomic mass is 9.70. The summed E-state index contributed by atoms with van der Waals surface area (Å²) in [6.45, 7) is 6.38. The Morgan fingerprint density at radius 1 is 1.19 bits per heavy atom. The van der Waals surface area contributed by atoms with Crippen LogP contribution in [0.2, 0.25) is 0 Å². The van der Waals surface area contributed by atoms with Crippen molar-refractivity contribution < 1.29 is 26.4 Å². The number of sulfonamides is 2. The number of hydrogen-bond donors (Lipinski definition) is 2. The minimum Gasteiger partial charge on any atom is -0.341 e. The Labute approximate surface area is 219 Å². The van der Waals surface area contributed by atoms with Crippen LogP contribution in [0.25, 0.3) is 0 Å². The first-order valence-corrected chi connectivity index (χ1v) is 16.1. The first-order valence-electron chi connectivity index (χ1n) is 12.8. The van der Waals surface area contributed by atoms with Gasteiger partial charge < -0.3 is 10.2 Å². The van der Waals surface area contributed by atoms with Gasteiger partial charge in [-0.25, -0.2) is 8.42 Å². The molecule has 2 unspecified atom stereocenters. The summed E-state index contributed by atoms with van der Waals surface area (Å²) in [4.78, 5) is 29.3. The fraction of sp³-hybridized carbons (Fsp3) is 0.640. The number of ketones is 1. The van der Waals surface area contributed by atoms with Crippen LogP contribution in [0, 0.1) is 17.3 Å². The molecule has 2 aliphatic heterocycles. The average Bonchev–Trinajstić information content (AvgIpc) is 2.80. The molecule has 2 atom stereocenters. The summed E-state index contributed by atoms with van der Waals surface area (Å²) in [5.74, 6) is -1.88. The molecule has 4 rings (SSSR count). The van der Waals surface area contributed by atoms with E-state index in [0.717, 1.165) is 44.8 Å². The van der Waals surface area contributed by atoms with Crippen LogP contribution >= 0.6 is 0 Å². The van der Waals surface area contributed by atoms with Crippen molar-refractivity contribution >= 4 is 48.9 Å². The second-order valence-electron chi connectivity index (χ2n) is 11.2. The third-order valence-corrected chi connectivity index (χ3v) is 9.45. The summed E-state index contributed by atoms with van der Waals surface area (Å²) in [5, 5.41) is 2.92. The highest BCUT2D eigenvalue weighted by Gasteiger charge is 2.53. The van der Waals surface area contributed by atoms with Gasteiger partial charge in [0.2, 0.25) is 15.9 Å². The maximum atomic E-state index is 13.9. The van der Waals surface area contributed by atoms with Crippen molar-refractivity contribution in [3.8, 4) is 0 Å². The second kappa shape index (κ2) is 10.0. The van der Waals surface area contributed by atoms with Gasteiger partial charge >= 0.3 is 0 Å². The van der Waals surface area contributed by atoms with Crippen LogP contribution in [0.15, 0.2) is 27.5 Å². The standard InChI is InChI=1S/C25H36N4O6S2/c1-16(2)12-13-25(3)15-29(18-8-6-5-7-9-18)24(31)21(22(25)30)23-26-19-11-10-17(27-36(4,32)33)14-20(19)37(34,35)28-23/h10-11,14,16,18,21,27H,5-9,12-13,15H2,1-4H3,(H,26,28). The van der Waals surface area contributed by atoms with E-state index in [2.05, 4.69) is 28.3 Å². The monoisotopic (exact) mass is 552 g/mol. The van der Waals surface area contributed by atoms with Crippen LogP contribution in [0.5, 0.6) is 0 Å². The molecular formula is C25H36N4O6S2. The number of amidine groups is 1. The third kappa shape index (κ3) is 5.84. The Morgan fingerprint density at radius 2 is 1.86 bits per heavy atom. The maximum absolute atomic E-state index is 13.9. The molecule has 1 saturated carbocycles. The molecule has 0 aromatic heterocycles. The van der Waals surface area contributed by atoms with Gasteiger partial charge in [0.1, 0.15) is 10.7 Å². The Morgan fingerprint density at radius 3 is 2.49 bits per heavy atom. The highest BCUT2D eigenvalue weighted by Crippen LogP contribution is 2.40. The Kier molecular flexibility index (Phi) is 7.46. The van der Waals surface area contributed by atoms with E-state index in [1.165, 1.54) is 18.2 Å². The van der Waals surface area contributed by atoms with Gasteiger partial charge in [0.25, 0.3) is 10.0 Å². The predicted molar refractivity (Wildman–Crippen MR) is 142 cm³/mol. The van der Waals surface area contributed by atoms with E-state index in [4.69, 9.17) is 0 Å². The van der Waals surface area contributed by atoms with Gasteiger partial charge in [-0.3, -0.25) is 14.3 Å². The average molecular weight is 553 g/mol. The van der Waals surface area contributed by atoms with Crippen molar-refractivity contribution in [2.45, 2.75) is 76.7 Å².